The van der Waals surface area contributed by atoms with Gasteiger partial charge in [-0.05, 0) is 30.9 Å². The van der Waals surface area contributed by atoms with Crippen LogP contribution in [0.5, 0.6) is 5.75 Å². The van der Waals surface area contributed by atoms with Gasteiger partial charge in [-0.15, -0.1) is 0 Å². The number of hydrogen-bond acceptors (Lipinski definition) is 4. The third kappa shape index (κ3) is 4.00. The topological polar surface area (TPSA) is 78.9 Å². The van der Waals surface area contributed by atoms with Gasteiger partial charge >= 0.3 is 10.2 Å². The molecule has 1 aromatic carbocycles. The monoisotopic (exact) mass is 334 g/mol. The highest BCUT2D eigenvalue weighted by molar-refractivity contribution is 7.90. The molecule has 2 rings (SSSR count). The van der Waals surface area contributed by atoms with Crippen molar-refractivity contribution in [3.8, 4) is 5.75 Å². The van der Waals surface area contributed by atoms with Crippen LogP contribution in [0.1, 0.15) is 12.8 Å². The zero-order valence-electron chi connectivity index (χ0n) is 11.8. The summed E-state index contributed by atoms with van der Waals surface area (Å²) in [6, 6.07) is 4.69. The van der Waals surface area contributed by atoms with Crippen LogP contribution < -0.4 is 9.46 Å². The lowest BCUT2D eigenvalue weighted by Crippen LogP contribution is -2.43. The van der Waals surface area contributed by atoms with Gasteiger partial charge in [0.05, 0.1) is 17.8 Å². The molecule has 2 N–H and O–H groups in total. The SMILES string of the molecule is COc1cc(NS(=O)(=O)N2CCCC(CO)C2)ccc1Cl. The van der Waals surface area contributed by atoms with Gasteiger partial charge in [0, 0.05) is 25.8 Å². The molecule has 0 aliphatic carbocycles. The number of methoxy groups -OCH3 is 1. The van der Waals surface area contributed by atoms with E-state index in [1.54, 1.807) is 12.1 Å². The van der Waals surface area contributed by atoms with E-state index in [-0.39, 0.29) is 12.5 Å². The zero-order chi connectivity index (χ0) is 15.5. The fraction of sp³-hybridized carbons (Fsp3) is 0.538. The summed E-state index contributed by atoms with van der Waals surface area (Å²) in [5.41, 5.74) is 0.391. The number of benzene rings is 1. The van der Waals surface area contributed by atoms with E-state index in [1.165, 1.54) is 17.5 Å². The average molecular weight is 335 g/mol. The second kappa shape index (κ2) is 6.83. The van der Waals surface area contributed by atoms with E-state index < -0.39 is 10.2 Å². The van der Waals surface area contributed by atoms with Crippen LogP contribution in [-0.4, -0.2) is 44.6 Å². The van der Waals surface area contributed by atoms with Crippen molar-refractivity contribution in [2.24, 2.45) is 5.92 Å². The van der Waals surface area contributed by atoms with E-state index in [0.29, 0.717) is 29.5 Å². The van der Waals surface area contributed by atoms with Gasteiger partial charge in [0.2, 0.25) is 0 Å². The third-order valence-electron chi connectivity index (χ3n) is 3.48. The highest BCUT2D eigenvalue weighted by Gasteiger charge is 2.28. The quantitative estimate of drug-likeness (QED) is 0.859. The van der Waals surface area contributed by atoms with Crippen LogP contribution in [0.3, 0.4) is 0 Å². The molecular weight excluding hydrogens is 316 g/mol. The number of nitrogens with one attached hydrogen (secondary N) is 1. The smallest absolute Gasteiger partial charge is 0.301 e. The number of ether oxygens (including phenoxy) is 1. The molecular formula is C13H19ClN2O4S. The predicted molar refractivity (Wildman–Crippen MR) is 81.9 cm³/mol. The number of hydrogen-bond donors (Lipinski definition) is 2. The van der Waals surface area contributed by atoms with E-state index >= 15 is 0 Å². The molecule has 0 radical (unpaired) electrons. The first kappa shape index (κ1) is 16.4. The Bertz CT molecular complexity index is 594. The fourth-order valence-electron chi connectivity index (χ4n) is 2.33. The number of rotatable bonds is 5. The molecule has 0 aromatic heterocycles. The minimum atomic E-state index is -3.64. The summed E-state index contributed by atoms with van der Waals surface area (Å²) in [5, 5.41) is 9.61. The van der Waals surface area contributed by atoms with Crippen molar-refractivity contribution in [3.63, 3.8) is 0 Å². The van der Waals surface area contributed by atoms with Gasteiger partial charge in [0.1, 0.15) is 5.75 Å². The molecule has 6 nitrogen and oxygen atoms in total. The van der Waals surface area contributed by atoms with Crippen LogP contribution in [0.4, 0.5) is 5.69 Å². The molecule has 1 aliphatic rings. The molecule has 1 unspecified atom stereocenters. The van der Waals surface area contributed by atoms with Gasteiger partial charge in [0.25, 0.3) is 0 Å². The van der Waals surface area contributed by atoms with Crippen LogP contribution in [0.2, 0.25) is 5.02 Å². The number of aliphatic hydroxyl groups excluding tert-OH is 1. The Hall–Kier alpha value is -1.02. The maximum atomic E-state index is 12.4. The standard InChI is InChI=1S/C13H19ClN2O4S/c1-20-13-7-11(4-5-12(13)14)15-21(18,19)16-6-2-3-10(8-16)9-17/h4-5,7,10,15,17H,2-3,6,8-9H2,1H3. The number of halogens is 1. The molecule has 0 spiro atoms. The van der Waals surface area contributed by atoms with E-state index in [2.05, 4.69) is 4.72 Å². The molecule has 1 aromatic rings. The van der Waals surface area contributed by atoms with Gasteiger partial charge in [-0.25, -0.2) is 0 Å². The van der Waals surface area contributed by atoms with Crippen LogP contribution in [0.15, 0.2) is 18.2 Å². The Labute approximate surface area is 129 Å². The summed E-state index contributed by atoms with van der Waals surface area (Å²) < 4.78 is 33.7. The number of anilines is 1. The highest BCUT2D eigenvalue weighted by atomic mass is 35.5. The molecule has 0 amide bonds. The molecule has 1 heterocycles. The molecule has 118 valence electrons. The van der Waals surface area contributed by atoms with E-state index in [1.807, 2.05) is 0 Å². The minimum Gasteiger partial charge on any atom is -0.495 e. The van der Waals surface area contributed by atoms with Crippen molar-refractivity contribution >= 4 is 27.5 Å². The molecule has 0 bridgehead atoms. The van der Waals surface area contributed by atoms with Gasteiger partial charge in [-0.2, -0.15) is 12.7 Å². The molecule has 1 atom stereocenters. The van der Waals surface area contributed by atoms with Crippen molar-refractivity contribution in [2.75, 3.05) is 31.5 Å². The lowest BCUT2D eigenvalue weighted by atomic mass is 10.0. The Morgan fingerprint density at radius 1 is 1.52 bits per heavy atom. The van der Waals surface area contributed by atoms with Crippen molar-refractivity contribution < 1.29 is 18.3 Å². The summed E-state index contributed by atoms with van der Waals surface area (Å²) in [6.45, 7) is 0.786. The molecule has 1 saturated heterocycles. The van der Waals surface area contributed by atoms with Crippen molar-refractivity contribution in [1.82, 2.24) is 4.31 Å². The van der Waals surface area contributed by atoms with Gasteiger partial charge < -0.3 is 9.84 Å². The minimum absolute atomic E-state index is 0.000782. The first-order valence-corrected chi connectivity index (χ1v) is 8.50. The number of piperidine rings is 1. The van der Waals surface area contributed by atoms with Crippen molar-refractivity contribution in [1.29, 1.82) is 0 Å². The third-order valence-corrected chi connectivity index (χ3v) is 5.30. The largest absolute Gasteiger partial charge is 0.495 e. The molecule has 1 aliphatic heterocycles. The lowest BCUT2D eigenvalue weighted by Gasteiger charge is -2.31. The van der Waals surface area contributed by atoms with Crippen LogP contribution in [-0.2, 0) is 10.2 Å². The summed E-state index contributed by atoms with van der Waals surface area (Å²) in [6.07, 6.45) is 1.59. The molecule has 21 heavy (non-hydrogen) atoms. The Kier molecular flexibility index (Phi) is 5.32. The van der Waals surface area contributed by atoms with E-state index in [0.717, 1.165) is 12.8 Å². The van der Waals surface area contributed by atoms with Crippen molar-refractivity contribution in [2.45, 2.75) is 12.8 Å². The molecule has 8 heteroatoms. The summed E-state index contributed by atoms with van der Waals surface area (Å²) in [7, 11) is -2.18. The predicted octanol–water partition coefficient (Wildman–Crippen LogP) is 1.71. The second-order valence-electron chi connectivity index (χ2n) is 5.01. The van der Waals surface area contributed by atoms with E-state index in [9.17, 15) is 13.5 Å². The van der Waals surface area contributed by atoms with Gasteiger partial charge in [-0.1, -0.05) is 11.6 Å². The zero-order valence-corrected chi connectivity index (χ0v) is 13.3. The summed E-state index contributed by atoms with van der Waals surface area (Å²) in [4.78, 5) is 0. The maximum Gasteiger partial charge on any atom is 0.301 e. The normalized spacial score (nSPS) is 20.2. The first-order valence-electron chi connectivity index (χ1n) is 6.68. The Morgan fingerprint density at radius 2 is 2.29 bits per heavy atom. The highest BCUT2D eigenvalue weighted by Crippen LogP contribution is 2.28. The lowest BCUT2D eigenvalue weighted by molar-refractivity contribution is 0.166. The summed E-state index contributed by atoms with van der Waals surface area (Å²) in [5.74, 6) is 0.402. The van der Waals surface area contributed by atoms with E-state index in [4.69, 9.17) is 16.3 Å². The van der Waals surface area contributed by atoms with Crippen molar-refractivity contribution in [3.05, 3.63) is 23.2 Å². The van der Waals surface area contributed by atoms with Crippen LogP contribution in [0, 0.1) is 5.92 Å². The Balaban J connectivity index is 2.13. The summed E-state index contributed by atoms with van der Waals surface area (Å²) >= 11 is 5.91. The van der Waals surface area contributed by atoms with Crippen LogP contribution in [0.25, 0.3) is 0 Å². The van der Waals surface area contributed by atoms with Gasteiger partial charge in [-0.3, -0.25) is 4.72 Å². The van der Waals surface area contributed by atoms with Gasteiger partial charge in [0.15, 0.2) is 0 Å². The molecule has 0 saturated carbocycles. The average Bonchev–Trinajstić information content (AvgIpc) is 2.49. The Morgan fingerprint density at radius 3 is 2.95 bits per heavy atom. The maximum absolute atomic E-state index is 12.4. The number of nitrogens with zero attached hydrogens (tertiary/aromatic N) is 1. The number of aliphatic hydroxyl groups is 1. The second-order valence-corrected chi connectivity index (χ2v) is 7.08. The fourth-order valence-corrected chi connectivity index (χ4v) is 3.86. The molecule has 1 fully saturated rings. The van der Waals surface area contributed by atoms with Crippen LogP contribution >= 0.6 is 11.6 Å². The first-order chi connectivity index (χ1) is 9.96.